The summed E-state index contributed by atoms with van der Waals surface area (Å²) in [4.78, 5) is 14.0. The number of morpholine rings is 1. The molecule has 0 radical (unpaired) electrons. The number of hydrogen-bond acceptors (Lipinski definition) is 5. The third-order valence-electron chi connectivity index (χ3n) is 5.29. The number of ether oxygens (including phenoxy) is 1. The van der Waals surface area contributed by atoms with Gasteiger partial charge in [0.25, 0.3) is 0 Å². The number of benzene rings is 1. The molecule has 0 atom stereocenters. The maximum absolute atomic E-state index is 11.8. The van der Waals surface area contributed by atoms with Crippen LogP contribution in [0.4, 0.5) is 11.4 Å². The molecule has 3 rings (SSSR count). The maximum Gasteiger partial charge on any atom is 0.494 e. The van der Waals surface area contributed by atoms with Crippen LogP contribution in [0.2, 0.25) is 0 Å². The Morgan fingerprint density at radius 3 is 2.35 bits per heavy atom. The molecule has 0 bridgehead atoms. The van der Waals surface area contributed by atoms with Gasteiger partial charge in [-0.25, -0.2) is 0 Å². The fraction of sp³-hybridized carbons (Fsp3) is 0.526. The lowest BCUT2D eigenvalue weighted by molar-refractivity contribution is -0.111. The lowest BCUT2D eigenvalue weighted by Gasteiger charge is -2.32. The van der Waals surface area contributed by atoms with Gasteiger partial charge in [-0.2, -0.15) is 0 Å². The third kappa shape index (κ3) is 3.80. The van der Waals surface area contributed by atoms with Crippen molar-refractivity contribution in [2.75, 3.05) is 36.5 Å². The molecule has 1 amide bonds. The van der Waals surface area contributed by atoms with Gasteiger partial charge in [0.15, 0.2) is 0 Å². The summed E-state index contributed by atoms with van der Waals surface area (Å²) in [6.45, 7) is 14.6. The molecule has 1 aromatic rings. The highest BCUT2D eigenvalue weighted by Crippen LogP contribution is 2.37. The van der Waals surface area contributed by atoms with Gasteiger partial charge in [0, 0.05) is 24.5 Å². The smallest absolute Gasteiger partial charge is 0.399 e. The fourth-order valence-corrected chi connectivity index (χ4v) is 3.02. The molecule has 0 saturated carbocycles. The van der Waals surface area contributed by atoms with Crippen LogP contribution in [-0.2, 0) is 18.8 Å². The van der Waals surface area contributed by atoms with Crippen LogP contribution < -0.4 is 15.7 Å². The van der Waals surface area contributed by atoms with Gasteiger partial charge >= 0.3 is 7.12 Å². The minimum Gasteiger partial charge on any atom is -0.399 e. The van der Waals surface area contributed by atoms with Crippen molar-refractivity contribution in [3.8, 4) is 0 Å². The van der Waals surface area contributed by atoms with Crippen molar-refractivity contribution in [3.05, 3.63) is 30.9 Å². The topological polar surface area (TPSA) is 60.0 Å². The summed E-state index contributed by atoms with van der Waals surface area (Å²) in [5, 5.41) is 2.85. The maximum atomic E-state index is 11.8. The second kappa shape index (κ2) is 7.06. The Kier molecular flexibility index (Phi) is 5.15. The second-order valence-corrected chi connectivity index (χ2v) is 7.69. The molecule has 1 aromatic carbocycles. The zero-order valence-electron chi connectivity index (χ0n) is 16.0. The molecule has 0 spiro atoms. The molecule has 6 nitrogen and oxygen atoms in total. The van der Waals surface area contributed by atoms with Gasteiger partial charge < -0.3 is 24.3 Å². The number of anilines is 2. The minimum absolute atomic E-state index is 0.246. The van der Waals surface area contributed by atoms with E-state index in [0.717, 1.165) is 24.2 Å². The second-order valence-electron chi connectivity index (χ2n) is 7.69. The average Bonchev–Trinajstić information content (AvgIpc) is 2.83. The van der Waals surface area contributed by atoms with Crippen molar-refractivity contribution in [2.45, 2.75) is 38.9 Å². The van der Waals surface area contributed by atoms with Crippen LogP contribution in [0.3, 0.4) is 0 Å². The zero-order chi connectivity index (χ0) is 18.9. The first-order valence-corrected chi connectivity index (χ1v) is 8.98. The number of nitrogens with one attached hydrogen (secondary N) is 1. The molecule has 2 aliphatic rings. The Balaban J connectivity index is 1.94. The molecule has 7 heteroatoms. The summed E-state index contributed by atoms with van der Waals surface area (Å²) >= 11 is 0. The molecular weight excluding hydrogens is 331 g/mol. The molecule has 2 heterocycles. The molecular formula is C19H27BN2O4. The molecule has 0 aromatic heterocycles. The lowest BCUT2D eigenvalue weighted by Crippen LogP contribution is -2.41. The summed E-state index contributed by atoms with van der Waals surface area (Å²) in [6, 6.07) is 5.92. The zero-order valence-corrected chi connectivity index (χ0v) is 16.0. The van der Waals surface area contributed by atoms with Gasteiger partial charge in [0.05, 0.1) is 24.4 Å². The van der Waals surface area contributed by atoms with E-state index in [4.69, 9.17) is 14.0 Å². The van der Waals surface area contributed by atoms with Crippen molar-refractivity contribution in [1.82, 2.24) is 0 Å². The average molecular weight is 358 g/mol. The first-order chi connectivity index (χ1) is 12.2. The van der Waals surface area contributed by atoms with E-state index in [1.54, 1.807) is 0 Å². The molecule has 0 unspecified atom stereocenters. The quantitative estimate of drug-likeness (QED) is 0.659. The predicted octanol–water partition coefficient (Wildman–Crippen LogP) is 1.95. The van der Waals surface area contributed by atoms with E-state index in [1.165, 1.54) is 6.08 Å². The van der Waals surface area contributed by atoms with Gasteiger partial charge in [0.2, 0.25) is 5.91 Å². The van der Waals surface area contributed by atoms with E-state index in [9.17, 15) is 4.79 Å². The van der Waals surface area contributed by atoms with Gasteiger partial charge in [0.1, 0.15) is 0 Å². The molecule has 1 N–H and O–H groups in total. The minimum atomic E-state index is -0.486. The van der Waals surface area contributed by atoms with Gasteiger partial charge in [-0.05, 0) is 57.4 Å². The summed E-state index contributed by atoms with van der Waals surface area (Å²) in [7, 11) is -0.486. The fourth-order valence-electron chi connectivity index (χ4n) is 3.02. The first kappa shape index (κ1) is 19.0. The molecule has 26 heavy (non-hydrogen) atoms. The number of hydrogen-bond donors (Lipinski definition) is 1. The Hall–Kier alpha value is -1.83. The van der Waals surface area contributed by atoms with Gasteiger partial charge in [-0.15, -0.1) is 0 Å². The van der Waals surface area contributed by atoms with Crippen LogP contribution in [0.25, 0.3) is 0 Å². The Labute approximate surface area is 155 Å². The molecule has 2 saturated heterocycles. The number of amides is 1. The van der Waals surface area contributed by atoms with Crippen LogP contribution in [-0.4, -0.2) is 50.5 Å². The van der Waals surface area contributed by atoms with Crippen molar-refractivity contribution in [2.24, 2.45) is 0 Å². The highest BCUT2D eigenvalue weighted by Gasteiger charge is 2.51. The lowest BCUT2D eigenvalue weighted by atomic mass is 9.78. The third-order valence-corrected chi connectivity index (χ3v) is 5.29. The number of rotatable bonds is 4. The summed E-state index contributed by atoms with van der Waals surface area (Å²) < 4.78 is 17.8. The summed E-state index contributed by atoms with van der Waals surface area (Å²) in [6.07, 6.45) is 1.26. The summed E-state index contributed by atoms with van der Waals surface area (Å²) in [5.74, 6) is -0.246. The predicted molar refractivity (Wildman–Crippen MR) is 104 cm³/mol. The van der Waals surface area contributed by atoms with Crippen molar-refractivity contribution < 1.29 is 18.8 Å². The van der Waals surface area contributed by atoms with Crippen LogP contribution in [0.1, 0.15) is 27.7 Å². The van der Waals surface area contributed by atoms with Crippen LogP contribution >= 0.6 is 0 Å². The van der Waals surface area contributed by atoms with Crippen molar-refractivity contribution in [3.63, 3.8) is 0 Å². The number of nitrogens with zero attached hydrogens (tertiary/aromatic N) is 1. The van der Waals surface area contributed by atoms with E-state index in [0.29, 0.717) is 18.9 Å². The van der Waals surface area contributed by atoms with Crippen molar-refractivity contribution >= 4 is 29.9 Å². The van der Waals surface area contributed by atoms with Crippen LogP contribution in [0, 0.1) is 0 Å². The van der Waals surface area contributed by atoms with Crippen LogP contribution in [0.15, 0.2) is 30.9 Å². The molecule has 140 valence electrons. The van der Waals surface area contributed by atoms with E-state index in [-0.39, 0.29) is 5.91 Å². The Bertz CT molecular complexity index is 683. The molecule has 2 aliphatic heterocycles. The SMILES string of the molecule is C=CC(=O)Nc1cc(B2OC(C)(C)C(C)(C)O2)cc(N2CCOCC2)c1. The normalized spacial score (nSPS) is 21.5. The monoisotopic (exact) mass is 358 g/mol. The molecule has 2 fully saturated rings. The highest BCUT2D eigenvalue weighted by molar-refractivity contribution is 6.62. The van der Waals surface area contributed by atoms with E-state index >= 15 is 0 Å². The first-order valence-electron chi connectivity index (χ1n) is 8.98. The largest absolute Gasteiger partial charge is 0.494 e. The van der Waals surface area contributed by atoms with E-state index in [2.05, 4.69) is 22.9 Å². The summed E-state index contributed by atoms with van der Waals surface area (Å²) in [5.41, 5.74) is 1.75. The van der Waals surface area contributed by atoms with Crippen molar-refractivity contribution in [1.29, 1.82) is 0 Å². The Morgan fingerprint density at radius 1 is 1.15 bits per heavy atom. The highest BCUT2D eigenvalue weighted by atomic mass is 16.7. The van der Waals surface area contributed by atoms with Gasteiger partial charge in [-0.1, -0.05) is 6.58 Å². The standard InChI is InChI=1S/C19H27BN2O4/c1-6-17(23)21-15-11-14(20-25-18(2,3)19(4,5)26-20)12-16(13-15)22-7-9-24-10-8-22/h6,11-13H,1,7-10H2,2-5H3,(H,21,23). The van der Waals surface area contributed by atoms with Crippen LogP contribution in [0.5, 0.6) is 0 Å². The van der Waals surface area contributed by atoms with E-state index < -0.39 is 18.3 Å². The van der Waals surface area contributed by atoms with E-state index in [1.807, 2.05) is 39.8 Å². The number of carbonyl (C=O) groups is 1. The van der Waals surface area contributed by atoms with Gasteiger partial charge in [-0.3, -0.25) is 4.79 Å². The Morgan fingerprint density at radius 2 is 1.77 bits per heavy atom. The number of carbonyl (C=O) groups excluding carboxylic acids is 1. The molecule has 0 aliphatic carbocycles.